The van der Waals surface area contributed by atoms with E-state index in [1.54, 1.807) is 0 Å². The molecule has 0 rings (SSSR count). The van der Waals surface area contributed by atoms with E-state index in [0.717, 1.165) is 19.4 Å². The van der Waals surface area contributed by atoms with Crippen LogP contribution in [0.2, 0.25) is 0 Å². The van der Waals surface area contributed by atoms with Crippen molar-refractivity contribution in [2.75, 3.05) is 19.8 Å². The fourth-order valence-corrected chi connectivity index (χ4v) is 1.04. The second kappa shape index (κ2) is 8.97. The second-order valence-electron chi connectivity index (χ2n) is 3.27. The third-order valence-electron chi connectivity index (χ3n) is 1.96. The Morgan fingerprint density at radius 1 is 1.43 bits per heavy atom. The van der Waals surface area contributed by atoms with Crippen molar-refractivity contribution in [1.29, 1.82) is 0 Å². The molecule has 0 radical (unpaired) electrons. The molecule has 0 spiro atoms. The molecular formula is C10H22N2O2. The van der Waals surface area contributed by atoms with Crippen LogP contribution in [0.5, 0.6) is 0 Å². The van der Waals surface area contributed by atoms with E-state index in [4.69, 9.17) is 10.5 Å². The lowest BCUT2D eigenvalue weighted by Crippen LogP contribution is -2.39. The molecule has 4 heteroatoms. The summed E-state index contributed by atoms with van der Waals surface area (Å²) < 4.78 is 5.21. The molecule has 0 aliphatic heterocycles. The Kier molecular flexibility index (Phi) is 8.57. The number of carbonyl (C=O) groups is 1. The number of nitrogens with two attached hydrogens (primary N) is 1. The monoisotopic (exact) mass is 202 g/mol. The maximum atomic E-state index is 11.3. The van der Waals surface area contributed by atoms with E-state index < -0.39 is 0 Å². The Balaban J connectivity index is 3.44. The molecule has 1 unspecified atom stereocenters. The summed E-state index contributed by atoms with van der Waals surface area (Å²) in [4.78, 5) is 11.3. The maximum absolute atomic E-state index is 11.3. The van der Waals surface area contributed by atoms with Crippen LogP contribution in [0.15, 0.2) is 0 Å². The van der Waals surface area contributed by atoms with E-state index in [1.807, 2.05) is 13.8 Å². The van der Waals surface area contributed by atoms with Crippen LogP contribution in [0, 0.1) is 0 Å². The van der Waals surface area contributed by atoms with Crippen LogP contribution in [-0.4, -0.2) is 31.7 Å². The average molecular weight is 202 g/mol. The van der Waals surface area contributed by atoms with Crippen LogP contribution in [0.4, 0.5) is 0 Å². The topological polar surface area (TPSA) is 64.3 Å². The first-order chi connectivity index (χ1) is 6.74. The van der Waals surface area contributed by atoms with Gasteiger partial charge in [0.25, 0.3) is 0 Å². The van der Waals surface area contributed by atoms with Crippen LogP contribution < -0.4 is 11.1 Å². The Morgan fingerprint density at radius 3 is 2.64 bits per heavy atom. The highest BCUT2D eigenvalue weighted by atomic mass is 16.5. The minimum absolute atomic E-state index is 0.0263. The van der Waals surface area contributed by atoms with Crippen molar-refractivity contribution in [1.82, 2.24) is 5.32 Å². The first kappa shape index (κ1) is 13.4. The van der Waals surface area contributed by atoms with Gasteiger partial charge in [-0.15, -0.1) is 0 Å². The molecule has 4 nitrogen and oxygen atoms in total. The van der Waals surface area contributed by atoms with Gasteiger partial charge in [0, 0.05) is 25.6 Å². The largest absolute Gasteiger partial charge is 0.381 e. The predicted octanol–water partition coefficient (Wildman–Crippen LogP) is 0.657. The molecule has 1 atom stereocenters. The van der Waals surface area contributed by atoms with Gasteiger partial charge in [0.05, 0.1) is 6.61 Å². The zero-order chi connectivity index (χ0) is 10.8. The van der Waals surface area contributed by atoms with Crippen LogP contribution in [0.1, 0.15) is 33.1 Å². The van der Waals surface area contributed by atoms with Crippen LogP contribution in [0.25, 0.3) is 0 Å². The third kappa shape index (κ3) is 6.86. The molecule has 0 aliphatic rings. The Bertz CT molecular complexity index is 147. The van der Waals surface area contributed by atoms with E-state index in [1.165, 1.54) is 0 Å². The number of hydrogen-bond acceptors (Lipinski definition) is 3. The van der Waals surface area contributed by atoms with Crippen molar-refractivity contribution in [3.05, 3.63) is 0 Å². The lowest BCUT2D eigenvalue weighted by Gasteiger charge is -2.14. The van der Waals surface area contributed by atoms with Gasteiger partial charge in [-0.2, -0.15) is 0 Å². The molecule has 0 saturated heterocycles. The molecule has 0 saturated carbocycles. The highest BCUT2D eigenvalue weighted by Gasteiger charge is 2.07. The van der Waals surface area contributed by atoms with Gasteiger partial charge in [-0.25, -0.2) is 0 Å². The normalized spacial score (nSPS) is 12.5. The number of hydrogen-bond donors (Lipinski definition) is 2. The minimum atomic E-state index is 0.0263. The molecule has 0 aliphatic carbocycles. The van der Waals surface area contributed by atoms with Crippen molar-refractivity contribution >= 4 is 5.91 Å². The second-order valence-corrected chi connectivity index (χ2v) is 3.27. The SMILES string of the molecule is CCCOCCC(=O)NC(CC)CN. The smallest absolute Gasteiger partial charge is 0.222 e. The van der Waals surface area contributed by atoms with Gasteiger partial charge in [0.2, 0.25) is 5.91 Å². The third-order valence-corrected chi connectivity index (χ3v) is 1.96. The van der Waals surface area contributed by atoms with Crippen molar-refractivity contribution in [3.8, 4) is 0 Å². The number of ether oxygens (including phenoxy) is 1. The van der Waals surface area contributed by atoms with Crippen molar-refractivity contribution in [3.63, 3.8) is 0 Å². The molecular weight excluding hydrogens is 180 g/mol. The van der Waals surface area contributed by atoms with Gasteiger partial charge in [-0.05, 0) is 12.8 Å². The number of amides is 1. The summed E-state index contributed by atoms with van der Waals surface area (Å²) in [5.74, 6) is 0.0263. The molecule has 1 amide bonds. The summed E-state index contributed by atoms with van der Waals surface area (Å²) in [6.07, 6.45) is 2.29. The highest BCUT2D eigenvalue weighted by Crippen LogP contribution is 1.90. The van der Waals surface area contributed by atoms with E-state index in [2.05, 4.69) is 5.32 Å². The van der Waals surface area contributed by atoms with Gasteiger partial charge in [-0.1, -0.05) is 13.8 Å². The van der Waals surface area contributed by atoms with E-state index in [-0.39, 0.29) is 11.9 Å². The lowest BCUT2D eigenvalue weighted by molar-refractivity contribution is -0.122. The summed E-state index contributed by atoms with van der Waals surface area (Å²) in [6, 6.07) is 0.105. The Hall–Kier alpha value is -0.610. The zero-order valence-corrected chi connectivity index (χ0v) is 9.21. The first-order valence-corrected chi connectivity index (χ1v) is 5.31. The standard InChI is InChI=1S/C10H22N2O2/c1-3-6-14-7-5-10(13)12-9(4-2)8-11/h9H,3-8,11H2,1-2H3,(H,12,13). The summed E-state index contributed by atoms with van der Waals surface area (Å²) in [6.45, 7) is 5.77. The average Bonchev–Trinajstić information content (AvgIpc) is 2.21. The van der Waals surface area contributed by atoms with Crippen molar-refractivity contribution in [2.24, 2.45) is 5.73 Å². The molecule has 0 heterocycles. The molecule has 3 N–H and O–H groups in total. The molecule has 14 heavy (non-hydrogen) atoms. The van der Waals surface area contributed by atoms with Gasteiger partial charge in [0.1, 0.15) is 0 Å². The number of carbonyl (C=O) groups excluding carboxylic acids is 1. The Labute approximate surface area is 86.2 Å². The molecule has 0 aromatic carbocycles. The molecule has 0 aromatic heterocycles. The maximum Gasteiger partial charge on any atom is 0.222 e. The predicted molar refractivity (Wildman–Crippen MR) is 57.0 cm³/mol. The quantitative estimate of drug-likeness (QED) is 0.568. The number of nitrogens with one attached hydrogen (secondary N) is 1. The van der Waals surface area contributed by atoms with Crippen LogP contribution in [-0.2, 0) is 9.53 Å². The summed E-state index contributed by atoms with van der Waals surface area (Å²) >= 11 is 0. The fourth-order valence-electron chi connectivity index (χ4n) is 1.04. The molecule has 0 fully saturated rings. The van der Waals surface area contributed by atoms with Crippen LogP contribution >= 0.6 is 0 Å². The first-order valence-electron chi connectivity index (χ1n) is 5.31. The summed E-state index contributed by atoms with van der Waals surface area (Å²) in [5, 5.41) is 2.85. The summed E-state index contributed by atoms with van der Waals surface area (Å²) in [5.41, 5.74) is 5.46. The van der Waals surface area contributed by atoms with Crippen molar-refractivity contribution < 1.29 is 9.53 Å². The lowest BCUT2D eigenvalue weighted by atomic mass is 10.2. The van der Waals surface area contributed by atoms with Crippen molar-refractivity contribution in [2.45, 2.75) is 39.2 Å². The van der Waals surface area contributed by atoms with E-state index in [9.17, 15) is 4.79 Å². The van der Waals surface area contributed by atoms with Gasteiger partial charge < -0.3 is 15.8 Å². The number of rotatable bonds is 8. The molecule has 0 bridgehead atoms. The highest BCUT2D eigenvalue weighted by molar-refractivity contribution is 5.76. The summed E-state index contributed by atoms with van der Waals surface area (Å²) in [7, 11) is 0. The Morgan fingerprint density at radius 2 is 2.14 bits per heavy atom. The molecule has 84 valence electrons. The van der Waals surface area contributed by atoms with Gasteiger partial charge in [0.15, 0.2) is 0 Å². The zero-order valence-electron chi connectivity index (χ0n) is 9.21. The fraction of sp³-hybridized carbons (Fsp3) is 0.900. The van der Waals surface area contributed by atoms with E-state index >= 15 is 0 Å². The van der Waals surface area contributed by atoms with Gasteiger partial charge >= 0.3 is 0 Å². The van der Waals surface area contributed by atoms with Gasteiger partial charge in [-0.3, -0.25) is 4.79 Å². The molecule has 0 aromatic rings. The van der Waals surface area contributed by atoms with Crippen LogP contribution in [0.3, 0.4) is 0 Å². The van der Waals surface area contributed by atoms with E-state index in [0.29, 0.717) is 19.6 Å². The minimum Gasteiger partial charge on any atom is -0.381 e.